The van der Waals surface area contributed by atoms with Gasteiger partial charge in [0.25, 0.3) is 0 Å². The zero-order valence-corrected chi connectivity index (χ0v) is 17.2. The molecule has 3 aromatic carbocycles. The summed E-state index contributed by atoms with van der Waals surface area (Å²) in [6.07, 6.45) is 0. The molecule has 0 spiro atoms. The van der Waals surface area contributed by atoms with Crippen molar-refractivity contribution in [2.45, 2.75) is 33.6 Å². The van der Waals surface area contributed by atoms with Crippen LogP contribution in [0.5, 0.6) is 11.5 Å². The predicted molar refractivity (Wildman–Crippen MR) is 116 cm³/mol. The Kier molecular flexibility index (Phi) is 5.55. The molecule has 0 aliphatic carbocycles. The van der Waals surface area contributed by atoms with Gasteiger partial charge in [0.1, 0.15) is 11.5 Å². The largest absolute Gasteiger partial charge is 0.422 e. The van der Waals surface area contributed by atoms with E-state index in [4.69, 9.17) is 9.47 Å². The third-order valence-corrected chi connectivity index (χ3v) is 4.70. The van der Waals surface area contributed by atoms with Crippen LogP contribution in [-0.4, -0.2) is 11.9 Å². The van der Waals surface area contributed by atoms with Crippen LogP contribution in [0.15, 0.2) is 66.8 Å². The molecule has 4 heteroatoms. The number of esters is 2. The second-order valence-electron chi connectivity index (χ2n) is 7.50. The lowest BCUT2D eigenvalue weighted by Crippen LogP contribution is -2.11. The predicted octanol–water partition coefficient (Wildman–Crippen LogP) is 6.08. The van der Waals surface area contributed by atoms with Crippen molar-refractivity contribution >= 4 is 33.5 Å². The van der Waals surface area contributed by atoms with Crippen molar-refractivity contribution in [2.24, 2.45) is 0 Å². The number of ether oxygens (including phenoxy) is 2. The van der Waals surface area contributed by atoms with Crippen molar-refractivity contribution in [2.75, 3.05) is 0 Å². The molecule has 0 fully saturated rings. The molecular formula is C25H24O4. The average molecular weight is 388 g/mol. The molecule has 0 amide bonds. The normalized spacial score (nSPS) is 10.9. The maximum Gasteiger partial charge on any atom is 0.338 e. The van der Waals surface area contributed by atoms with E-state index in [9.17, 15) is 9.59 Å². The van der Waals surface area contributed by atoms with E-state index in [1.165, 1.54) is 0 Å². The van der Waals surface area contributed by atoms with Crippen molar-refractivity contribution in [3.05, 3.63) is 72.3 Å². The molecule has 0 atom stereocenters. The molecule has 0 N–H and O–H groups in total. The van der Waals surface area contributed by atoms with Crippen LogP contribution < -0.4 is 9.47 Å². The molecule has 29 heavy (non-hydrogen) atoms. The monoisotopic (exact) mass is 388 g/mol. The second-order valence-corrected chi connectivity index (χ2v) is 7.50. The van der Waals surface area contributed by atoms with Gasteiger partial charge in [0.2, 0.25) is 0 Å². The van der Waals surface area contributed by atoms with Gasteiger partial charge in [0, 0.05) is 32.7 Å². The van der Waals surface area contributed by atoms with Gasteiger partial charge < -0.3 is 9.47 Å². The molecule has 3 rings (SSSR count). The smallest absolute Gasteiger partial charge is 0.338 e. The molecule has 0 saturated carbocycles. The SMILES string of the molecule is C=C(C)C(=O)Oc1c2ccccc2c(OC(=O)C(=C)C)c2cc(C(C)C)ccc12. The van der Waals surface area contributed by atoms with Crippen LogP contribution in [0.25, 0.3) is 21.5 Å². The highest BCUT2D eigenvalue weighted by Gasteiger charge is 2.21. The number of hydrogen-bond acceptors (Lipinski definition) is 4. The van der Waals surface area contributed by atoms with E-state index in [1.807, 2.05) is 42.5 Å². The average Bonchev–Trinajstić information content (AvgIpc) is 2.69. The van der Waals surface area contributed by atoms with Crippen LogP contribution in [0.3, 0.4) is 0 Å². The summed E-state index contributed by atoms with van der Waals surface area (Å²) >= 11 is 0. The van der Waals surface area contributed by atoms with Crippen molar-refractivity contribution in [1.29, 1.82) is 0 Å². The first-order valence-electron chi connectivity index (χ1n) is 9.44. The lowest BCUT2D eigenvalue weighted by atomic mass is 9.95. The van der Waals surface area contributed by atoms with Gasteiger partial charge in [-0.25, -0.2) is 9.59 Å². The Balaban J connectivity index is 2.41. The van der Waals surface area contributed by atoms with Crippen LogP contribution in [0.1, 0.15) is 39.2 Å². The minimum Gasteiger partial charge on any atom is -0.422 e. The van der Waals surface area contributed by atoms with Crippen molar-refractivity contribution in [3.8, 4) is 11.5 Å². The zero-order valence-electron chi connectivity index (χ0n) is 17.2. The summed E-state index contributed by atoms with van der Waals surface area (Å²) in [7, 11) is 0. The fourth-order valence-corrected chi connectivity index (χ4v) is 3.06. The Hall–Kier alpha value is -3.40. The number of rotatable bonds is 5. The van der Waals surface area contributed by atoms with Gasteiger partial charge in [0.05, 0.1) is 0 Å². The topological polar surface area (TPSA) is 52.6 Å². The molecule has 3 aromatic rings. The van der Waals surface area contributed by atoms with Crippen LogP contribution in [0.4, 0.5) is 0 Å². The van der Waals surface area contributed by atoms with Gasteiger partial charge in [-0.15, -0.1) is 0 Å². The van der Waals surface area contributed by atoms with Gasteiger partial charge in [-0.2, -0.15) is 0 Å². The van der Waals surface area contributed by atoms with Gasteiger partial charge in [-0.3, -0.25) is 0 Å². The molecule has 0 radical (unpaired) electrons. The zero-order chi connectivity index (χ0) is 21.3. The molecule has 0 aliphatic heterocycles. The number of hydrogen-bond donors (Lipinski definition) is 0. The van der Waals surface area contributed by atoms with Crippen LogP contribution in [0.2, 0.25) is 0 Å². The lowest BCUT2D eigenvalue weighted by Gasteiger charge is -2.18. The van der Waals surface area contributed by atoms with E-state index < -0.39 is 11.9 Å². The molecule has 148 valence electrons. The van der Waals surface area contributed by atoms with E-state index in [2.05, 4.69) is 27.0 Å². The minimum atomic E-state index is -0.504. The third kappa shape index (κ3) is 3.92. The third-order valence-electron chi connectivity index (χ3n) is 4.70. The summed E-state index contributed by atoms with van der Waals surface area (Å²) in [6.45, 7) is 14.7. The quantitative estimate of drug-likeness (QED) is 0.230. The number of fused-ring (bicyclic) bond motifs is 2. The van der Waals surface area contributed by atoms with Gasteiger partial charge in [-0.1, -0.05) is 63.4 Å². The molecule has 4 nitrogen and oxygen atoms in total. The van der Waals surface area contributed by atoms with E-state index in [-0.39, 0.29) is 5.92 Å². The lowest BCUT2D eigenvalue weighted by molar-refractivity contribution is -0.130. The van der Waals surface area contributed by atoms with Crippen molar-refractivity contribution in [1.82, 2.24) is 0 Å². The Bertz CT molecular complexity index is 1170. The first-order chi connectivity index (χ1) is 13.7. The molecule has 0 heterocycles. The summed E-state index contributed by atoms with van der Waals surface area (Å²) < 4.78 is 11.5. The van der Waals surface area contributed by atoms with Crippen LogP contribution in [-0.2, 0) is 9.59 Å². The van der Waals surface area contributed by atoms with E-state index in [0.717, 1.165) is 5.56 Å². The maximum atomic E-state index is 12.4. The fraction of sp³-hybridized carbons (Fsp3) is 0.200. The molecule has 0 bridgehead atoms. The van der Waals surface area contributed by atoms with Crippen molar-refractivity contribution in [3.63, 3.8) is 0 Å². The Morgan fingerprint density at radius 3 is 1.66 bits per heavy atom. The fourth-order valence-electron chi connectivity index (χ4n) is 3.06. The van der Waals surface area contributed by atoms with E-state index in [1.54, 1.807) is 13.8 Å². The van der Waals surface area contributed by atoms with E-state index >= 15 is 0 Å². The van der Waals surface area contributed by atoms with Gasteiger partial charge >= 0.3 is 11.9 Å². The van der Waals surface area contributed by atoms with Crippen LogP contribution in [0, 0.1) is 0 Å². The minimum absolute atomic E-state index is 0.275. The first kappa shape index (κ1) is 20.3. The number of benzene rings is 3. The summed E-state index contributed by atoms with van der Waals surface area (Å²) in [6, 6.07) is 13.2. The standard InChI is InChI=1S/C25H24O4/c1-14(2)17-11-12-20-21(13-17)23(29-25(27)16(5)6)19-10-8-7-9-18(19)22(20)28-24(26)15(3)4/h7-14H,3,5H2,1-2,4,6H3. The number of carbonyl (C=O) groups excluding carboxylic acids is 2. The van der Waals surface area contributed by atoms with Crippen LogP contribution >= 0.6 is 0 Å². The molecule has 0 aliphatic rings. The van der Waals surface area contributed by atoms with E-state index in [0.29, 0.717) is 44.2 Å². The second kappa shape index (κ2) is 7.92. The summed E-state index contributed by atoms with van der Waals surface area (Å²) in [5, 5.41) is 2.75. The molecule has 0 aromatic heterocycles. The Labute approximate surface area is 170 Å². The summed E-state index contributed by atoms with van der Waals surface area (Å²) in [5.74, 6) is 0.126. The van der Waals surface area contributed by atoms with Crippen molar-refractivity contribution < 1.29 is 19.1 Å². The molecular weight excluding hydrogens is 364 g/mol. The summed E-state index contributed by atoms with van der Waals surface area (Å²) in [5.41, 5.74) is 1.69. The molecule has 0 unspecified atom stereocenters. The number of carbonyl (C=O) groups is 2. The Morgan fingerprint density at radius 1 is 0.759 bits per heavy atom. The van der Waals surface area contributed by atoms with Gasteiger partial charge in [-0.05, 0) is 31.4 Å². The maximum absolute atomic E-state index is 12.4. The van der Waals surface area contributed by atoms with Gasteiger partial charge in [0.15, 0.2) is 0 Å². The first-order valence-corrected chi connectivity index (χ1v) is 9.44. The summed E-state index contributed by atoms with van der Waals surface area (Å²) in [4.78, 5) is 24.7. The Morgan fingerprint density at radius 2 is 1.21 bits per heavy atom. The highest BCUT2D eigenvalue weighted by Crippen LogP contribution is 2.44. The molecule has 0 saturated heterocycles. The highest BCUT2D eigenvalue weighted by molar-refractivity contribution is 6.13. The highest BCUT2D eigenvalue weighted by atomic mass is 16.5.